The lowest BCUT2D eigenvalue weighted by Gasteiger charge is -2.24. The van der Waals surface area contributed by atoms with Gasteiger partial charge in [0, 0.05) is 34.8 Å². The van der Waals surface area contributed by atoms with Crippen LogP contribution in [0.25, 0.3) is 33.2 Å². The molecule has 0 unspecified atom stereocenters. The van der Waals surface area contributed by atoms with Crippen molar-refractivity contribution < 1.29 is 23.9 Å². The van der Waals surface area contributed by atoms with E-state index in [9.17, 15) is 14.4 Å². The van der Waals surface area contributed by atoms with Gasteiger partial charge >= 0.3 is 12.2 Å². The molecule has 2 amide bonds. The number of likely N-dealkylation sites (N-methyl/N-ethyl adjacent to an activating group) is 1. The van der Waals surface area contributed by atoms with Crippen molar-refractivity contribution in [3.05, 3.63) is 72.9 Å². The lowest BCUT2D eigenvalue weighted by Crippen LogP contribution is -2.38. The SMILES string of the molecule is CN(CC(=O)Nc1cccc(-c2nc(Nc3ccc4c(cnn4C(=O)OC(C)(C)C)c3)c3ccccc3n2)c1)C(=O)OC(C)(C)C. The van der Waals surface area contributed by atoms with E-state index in [1.165, 1.54) is 16.6 Å². The highest BCUT2D eigenvalue weighted by atomic mass is 16.6. The third-order valence-corrected chi connectivity index (χ3v) is 6.49. The Balaban J connectivity index is 1.38. The van der Waals surface area contributed by atoms with Crippen LogP contribution < -0.4 is 10.6 Å². The predicted octanol–water partition coefficient (Wildman–Crippen LogP) is 6.98. The third kappa shape index (κ3) is 7.76. The summed E-state index contributed by atoms with van der Waals surface area (Å²) in [5, 5.41) is 12.0. The van der Waals surface area contributed by atoms with Crippen LogP contribution in [0.3, 0.4) is 0 Å². The molecule has 0 atom stereocenters. The summed E-state index contributed by atoms with van der Waals surface area (Å²) in [5.74, 6) is 0.646. The second kappa shape index (κ2) is 12.5. The number of ether oxygens (including phenoxy) is 2. The van der Waals surface area contributed by atoms with Crippen molar-refractivity contribution in [3.63, 3.8) is 0 Å². The monoisotopic (exact) mass is 623 g/mol. The highest BCUT2D eigenvalue weighted by Crippen LogP contribution is 2.30. The number of fused-ring (bicyclic) bond motifs is 2. The first kappa shape index (κ1) is 31.9. The molecular formula is C34H37N7O5. The maximum absolute atomic E-state index is 12.7. The molecule has 3 aromatic carbocycles. The standard InChI is InChI=1S/C34H37N7O5/c1-33(2,3)45-31(43)40(7)20-28(42)36-23-12-10-11-21(17-23)29-38-26-14-9-8-13-25(26)30(39-29)37-24-15-16-27-22(18-24)19-35-41(27)32(44)46-34(4,5)6/h8-19H,20H2,1-7H3,(H,36,42)(H,37,38,39). The zero-order chi connectivity index (χ0) is 33.2. The Morgan fingerprint density at radius 3 is 2.33 bits per heavy atom. The summed E-state index contributed by atoms with van der Waals surface area (Å²) in [7, 11) is 1.51. The minimum Gasteiger partial charge on any atom is -0.444 e. The summed E-state index contributed by atoms with van der Waals surface area (Å²) in [6.45, 7) is 10.5. The Kier molecular flexibility index (Phi) is 8.64. The summed E-state index contributed by atoms with van der Waals surface area (Å²) in [4.78, 5) is 48.5. The fourth-order valence-electron chi connectivity index (χ4n) is 4.56. The number of rotatable bonds is 6. The Labute approximate surface area is 266 Å². The minimum absolute atomic E-state index is 0.180. The van der Waals surface area contributed by atoms with Crippen LogP contribution in [0.2, 0.25) is 0 Å². The maximum atomic E-state index is 12.7. The van der Waals surface area contributed by atoms with Gasteiger partial charge in [-0.2, -0.15) is 9.78 Å². The maximum Gasteiger partial charge on any atom is 0.435 e. The van der Waals surface area contributed by atoms with Gasteiger partial charge in [-0.1, -0.05) is 24.3 Å². The van der Waals surface area contributed by atoms with Crippen molar-refractivity contribution >= 4 is 57.1 Å². The minimum atomic E-state index is -0.665. The van der Waals surface area contributed by atoms with Crippen LogP contribution in [-0.4, -0.2) is 67.5 Å². The first-order valence-corrected chi connectivity index (χ1v) is 14.7. The molecule has 0 bridgehead atoms. The first-order chi connectivity index (χ1) is 21.6. The smallest absolute Gasteiger partial charge is 0.435 e. The molecule has 5 rings (SSSR count). The van der Waals surface area contributed by atoms with Gasteiger partial charge in [0.2, 0.25) is 5.91 Å². The number of carbonyl (C=O) groups excluding carboxylic acids is 3. The Morgan fingerprint density at radius 1 is 0.848 bits per heavy atom. The summed E-state index contributed by atoms with van der Waals surface area (Å²) < 4.78 is 12.0. The van der Waals surface area contributed by atoms with Crippen LogP contribution in [0.1, 0.15) is 41.5 Å². The molecule has 5 aromatic rings. The molecule has 2 heterocycles. The fraction of sp³-hybridized carbons (Fsp3) is 0.294. The number of para-hydroxylation sites is 1. The van der Waals surface area contributed by atoms with E-state index in [2.05, 4.69) is 15.7 Å². The van der Waals surface area contributed by atoms with Crippen LogP contribution >= 0.6 is 0 Å². The van der Waals surface area contributed by atoms with Crippen molar-refractivity contribution in [2.45, 2.75) is 52.7 Å². The van der Waals surface area contributed by atoms with Crippen molar-refractivity contribution in [3.8, 4) is 11.4 Å². The van der Waals surface area contributed by atoms with Crippen LogP contribution in [0, 0.1) is 0 Å². The normalized spacial score (nSPS) is 11.7. The van der Waals surface area contributed by atoms with Gasteiger partial charge in [0.05, 0.1) is 17.2 Å². The van der Waals surface area contributed by atoms with Crippen molar-refractivity contribution in [2.24, 2.45) is 0 Å². The average Bonchev–Trinajstić information content (AvgIpc) is 3.39. The Morgan fingerprint density at radius 2 is 1.59 bits per heavy atom. The third-order valence-electron chi connectivity index (χ3n) is 6.49. The zero-order valence-corrected chi connectivity index (χ0v) is 26.9. The number of hydrogen-bond acceptors (Lipinski definition) is 9. The molecule has 0 aliphatic rings. The number of anilines is 3. The van der Waals surface area contributed by atoms with E-state index in [0.717, 1.165) is 22.0 Å². The van der Waals surface area contributed by atoms with E-state index in [4.69, 9.17) is 19.4 Å². The molecule has 12 nitrogen and oxygen atoms in total. The second-order valence-electron chi connectivity index (χ2n) is 12.8. The summed E-state index contributed by atoms with van der Waals surface area (Å²) in [6.07, 6.45) is 0.471. The van der Waals surface area contributed by atoms with E-state index in [-0.39, 0.29) is 12.5 Å². The number of aromatic nitrogens is 4. The number of nitrogens with zero attached hydrogens (tertiary/aromatic N) is 5. The Bertz CT molecular complexity index is 1940. The number of carbonyl (C=O) groups is 3. The van der Waals surface area contributed by atoms with Crippen LogP contribution in [0.5, 0.6) is 0 Å². The van der Waals surface area contributed by atoms with Gasteiger partial charge in [0.1, 0.15) is 23.6 Å². The fourth-order valence-corrected chi connectivity index (χ4v) is 4.56. The van der Waals surface area contributed by atoms with Crippen LogP contribution in [0.4, 0.5) is 26.8 Å². The molecule has 238 valence electrons. The van der Waals surface area contributed by atoms with Crippen LogP contribution in [-0.2, 0) is 14.3 Å². The van der Waals surface area contributed by atoms with Crippen LogP contribution in [0.15, 0.2) is 72.9 Å². The first-order valence-electron chi connectivity index (χ1n) is 14.7. The lowest BCUT2D eigenvalue weighted by atomic mass is 10.1. The Hall–Kier alpha value is -5.52. The number of hydrogen-bond donors (Lipinski definition) is 2. The molecule has 2 aromatic heterocycles. The van der Waals surface area contributed by atoms with Crippen molar-refractivity contribution in [2.75, 3.05) is 24.2 Å². The molecular weight excluding hydrogens is 586 g/mol. The summed E-state index contributed by atoms with van der Waals surface area (Å²) in [5.41, 5.74) is 1.97. The zero-order valence-electron chi connectivity index (χ0n) is 26.9. The second-order valence-corrected chi connectivity index (χ2v) is 12.8. The predicted molar refractivity (Wildman–Crippen MR) is 177 cm³/mol. The van der Waals surface area contributed by atoms with E-state index < -0.39 is 23.4 Å². The molecule has 2 N–H and O–H groups in total. The molecule has 0 saturated heterocycles. The van der Waals surface area contributed by atoms with Gasteiger partial charge in [-0.05, 0) is 84.0 Å². The average molecular weight is 624 g/mol. The molecule has 0 spiro atoms. The van der Waals surface area contributed by atoms with E-state index in [1.54, 1.807) is 72.0 Å². The molecule has 0 saturated carbocycles. The van der Waals surface area contributed by atoms with E-state index >= 15 is 0 Å². The van der Waals surface area contributed by atoms with Gasteiger partial charge in [-0.25, -0.2) is 19.6 Å². The van der Waals surface area contributed by atoms with Crippen molar-refractivity contribution in [1.29, 1.82) is 0 Å². The number of nitrogens with one attached hydrogen (secondary N) is 2. The molecule has 12 heteroatoms. The van der Waals surface area contributed by atoms with Gasteiger partial charge in [-0.15, -0.1) is 0 Å². The highest BCUT2D eigenvalue weighted by Gasteiger charge is 2.22. The number of amides is 2. The molecule has 0 fully saturated rings. The molecule has 0 aliphatic heterocycles. The van der Waals surface area contributed by atoms with Gasteiger partial charge in [0.15, 0.2) is 5.82 Å². The van der Waals surface area contributed by atoms with Gasteiger partial charge in [-0.3, -0.25) is 4.79 Å². The van der Waals surface area contributed by atoms with E-state index in [0.29, 0.717) is 28.4 Å². The molecule has 0 aliphatic carbocycles. The highest BCUT2D eigenvalue weighted by molar-refractivity contribution is 5.96. The largest absolute Gasteiger partial charge is 0.444 e. The van der Waals surface area contributed by atoms with Gasteiger partial charge < -0.3 is 25.0 Å². The van der Waals surface area contributed by atoms with Gasteiger partial charge in [0.25, 0.3) is 0 Å². The quantitative estimate of drug-likeness (QED) is 0.205. The molecule has 46 heavy (non-hydrogen) atoms. The van der Waals surface area contributed by atoms with Crippen molar-refractivity contribution in [1.82, 2.24) is 24.6 Å². The number of benzene rings is 3. The lowest BCUT2D eigenvalue weighted by molar-refractivity contribution is -0.117. The van der Waals surface area contributed by atoms with E-state index in [1.807, 2.05) is 42.5 Å². The summed E-state index contributed by atoms with van der Waals surface area (Å²) in [6, 6.07) is 20.3. The topological polar surface area (TPSA) is 141 Å². The summed E-state index contributed by atoms with van der Waals surface area (Å²) >= 11 is 0. The molecule has 0 radical (unpaired) electrons.